The van der Waals surface area contributed by atoms with Crippen molar-refractivity contribution in [2.75, 3.05) is 5.32 Å². The number of rotatable bonds is 3. The van der Waals surface area contributed by atoms with Crippen LogP contribution < -0.4 is 5.32 Å². The van der Waals surface area contributed by atoms with E-state index in [1.165, 1.54) is 12.1 Å². The summed E-state index contributed by atoms with van der Waals surface area (Å²) < 4.78 is 0. The zero-order valence-electron chi connectivity index (χ0n) is 14.2. The molecule has 0 bridgehead atoms. The minimum absolute atomic E-state index is 0.0606. The van der Waals surface area contributed by atoms with Crippen LogP contribution in [0.4, 0.5) is 17.1 Å². The van der Waals surface area contributed by atoms with E-state index >= 15 is 0 Å². The molecule has 0 heterocycles. The van der Waals surface area contributed by atoms with Crippen LogP contribution in [0, 0.1) is 10.1 Å². The average molecular weight is 376 g/mol. The highest BCUT2D eigenvalue weighted by atomic mass is 16.6. The van der Waals surface area contributed by atoms with E-state index in [-0.39, 0.29) is 27.9 Å². The lowest BCUT2D eigenvalue weighted by Gasteiger charge is -2.22. The average Bonchev–Trinajstić information content (AvgIpc) is 2.68. The number of aromatic hydroxyl groups is 2. The first-order valence-electron chi connectivity index (χ1n) is 8.18. The summed E-state index contributed by atoms with van der Waals surface area (Å²) >= 11 is 0. The summed E-state index contributed by atoms with van der Waals surface area (Å²) in [5.41, 5.74) is -1.20. The molecule has 8 nitrogen and oxygen atoms in total. The highest BCUT2D eigenvalue weighted by Crippen LogP contribution is 2.44. The number of nitrogens with one attached hydrogen (secondary N) is 1. The van der Waals surface area contributed by atoms with E-state index in [1.807, 2.05) is 0 Å². The number of ketones is 2. The van der Waals surface area contributed by atoms with Crippen LogP contribution in [0.5, 0.6) is 11.5 Å². The van der Waals surface area contributed by atoms with Crippen LogP contribution >= 0.6 is 0 Å². The van der Waals surface area contributed by atoms with E-state index in [1.54, 1.807) is 30.3 Å². The Balaban J connectivity index is 1.99. The molecule has 0 unspecified atom stereocenters. The third-order valence-corrected chi connectivity index (χ3v) is 4.49. The maximum atomic E-state index is 13.1. The molecule has 4 rings (SSSR count). The number of nitro groups is 1. The van der Waals surface area contributed by atoms with Crippen molar-refractivity contribution in [2.45, 2.75) is 0 Å². The molecule has 0 aromatic heterocycles. The first-order chi connectivity index (χ1) is 13.4. The summed E-state index contributed by atoms with van der Waals surface area (Å²) in [6.07, 6.45) is 0. The lowest BCUT2D eigenvalue weighted by molar-refractivity contribution is -0.385. The van der Waals surface area contributed by atoms with Crippen molar-refractivity contribution < 1.29 is 24.7 Å². The number of benzene rings is 3. The molecule has 0 atom stereocenters. The van der Waals surface area contributed by atoms with Crippen LogP contribution in [0.1, 0.15) is 31.8 Å². The van der Waals surface area contributed by atoms with Gasteiger partial charge in [0.25, 0.3) is 5.69 Å². The monoisotopic (exact) mass is 376 g/mol. The Hall–Kier alpha value is -4.20. The second-order valence-electron chi connectivity index (χ2n) is 6.15. The van der Waals surface area contributed by atoms with Gasteiger partial charge in [-0.25, -0.2) is 0 Å². The SMILES string of the molecule is O=C1c2c(cccc2[N+](=O)[O-])C(=O)c2c(Nc3ccccc3)c(O)cc(O)c21. The summed E-state index contributed by atoms with van der Waals surface area (Å²) in [5.74, 6) is -2.63. The molecule has 0 saturated heterocycles. The molecular formula is C20H12N2O6. The van der Waals surface area contributed by atoms with Crippen LogP contribution in [0.15, 0.2) is 54.6 Å². The van der Waals surface area contributed by atoms with Gasteiger partial charge < -0.3 is 15.5 Å². The van der Waals surface area contributed by atoms with Crippen LogP contribution in [0.25, 0.3) is 0 Å². The van der Waals surface area contributed by atoms with Gasteiger partial charge in [0.1, 0.15) is 17.1 Å². The maximum Gasteiger partial charge on any atom is 0.281 e. The van der Waals surface area contributed by atoms with Crippen molar-refractivity contribution in [1.82, 2.24) is 0 Å². The third kappa shape index (κ3) is 2.47. The fraction of sp³-hybridized carbons (Fsp3) is 0. The van der Waals surface area contributed by atoms with Gasteiger partial charge in [0.05, 0.1) is 21.7 Å². The largest absolute Gasteiger partial charge is 0.507 e. The molecule has 0 saturated carbocycles. The summed E-state index contributed by atoms with van der Waals surface area (Å²) in [7, 11) is 0. The normalized spacial score (nSPS) is 12.3. The molecular weight excluding hydrogens is 364 g/mol. The molecule has 0 amide bonds. The van der Waals surface area contributed by atoms with Crippen molar-refractivity contribution in [1.29, 1.82) is 0 Å². The van der Waals surface area contributed by atoms with Gasteiger partial charge in [0, 0.05) is 23.4 Å². The van der Waals surface area contributed by atoms with Gasteiger partial charge in [-0.3, -0.25) is 19.7 Å². The first kappa shape index (κ1) is 17.2. The molecule has 0 spiro atoms. The van der Waals surface area contributed by atoms with Gasteiger partial charge in [-0.2, -0.15) is 0 Å². The fourth-order valence-corrected chi connectivity index (χ4v) is 3.28. The van der Waals surface area contributed by atoms with Gasteiger partial charge in [-0.1, -0.05) is 24.3 Å². The molecule has 28 heavy (non-hydrogen) atoms. The number of hydrogen-bond acceptors (Lipinski definition) is 7. The van der Waals surface area contributed by atoms with Gasteiger partial charge >= 0.3 is 0 Å². The van der Waals surface area contributed by atoms with Crippen molar-refractivity contribution in [3.8, 4) is 11.5 Å². The van der Waals surface area contributed by atoms with E-state index in [2.05, 4.69) is 5.32 Å². The Kier molecular flexibility index (Phi) is 3.82. The van der Waals surface area contributed by atoms with E-state index < -0.39 is 33.7 Å². The van der Waals surface area contributed by atoms with E-state index in [0.29, 0.717) is 5.69 Å². The lowest BCUT2D eigenvalue weighted by Crippen LogP contribution is -2.23. The number of carbonyl (C=O) groups is 2. The molecule has 1 aliphatic carbocycles. The number of nitro benzene ring substituents is 1. The van der Waals surface area contributed by atoms with Crippen molar-refractivity contribution in [3.05, 3.63) is 87.0 Å². The topological polar surface area (TPSA) is 130 Å². The minimum atomic E-state index is -0.856. The van der Waals surface area contributed by atoms with E-state index in [9.17, 15) is 29.9 Å². The van der Waals surface area contributed by atoms with Crippen LogP contribution in [0.3, 0.4) is 0 Å². The van der Waals surface area contributed by atoms with Crippen LogP contribution in [-0.4, -0.2) is 26.7 Å². The molecule has 3 N–H and O–H groups in total. The molecule has 3 aromatic carbocycles. The predicted molar refractivity (Wildman–Crippen MR) is 99.5 cm³/mol. The predicted octanol–water partition coefficient (Wildman–Crippen LogP) is 3.53. The van der Waals surface area contributed by atoms with Crippen molar-refractivity contribution in [3.63, 3.8) is 0 Å². The molecule has 0 aliphatic heterocycles. The number of nitrogens with zero attached hydrogens (tertiary/aromatic N) is 1. The zero-order chi connectivity index (χ0) is 20.0. The van der Waals surface area contributed by atoms with Crippen molar-refractivity contribution in [2.24, 2.45) is 0 Å². The Labute approximate surface area is 157 Å². The van der Waals surface area contributed by atoms with Gasteiger partial charge in [0.2, 0.25) is 5.78 Å². The summed E-state index contributed by atoms with van der Waals surface area (Å²) in [6.45, 7) is 0. The van der Waals surface area contributed by atoms with Crippen molar-refractivity contribution >= 4 is 28.6 Å². The number of hydrogen-bond donors (Lipinski definition) is 3. The van der Waals surface area contributed by atoms with E-state index in [4.69, 9.17) is 0 Å². The molecule has 3 aromatic rings. The first-order valence-corrected chi connectivity index (χ1v) is 8.18. The quantitative estimate of drug-likeness (QED) is 0.216. The number of anilines is 2. The standard InChI is InChI=1S/C20H12N2O6/c23-13-9-14(24)18(21-10-5-2-1-3-6-10)17-16(13)20(26)15-11(19(17)25)7-4-8-12(15)22(27)28/h1-9,21,23-24H. The molecule has 0 fully saturated rings. The Morgan fingerprint density at radius 1 is 0.821 bits per heavy atom. The second kappa shape index (κ2) is 6.20. The minimum Gasteiger partial charge on any atom is -0.507 e. The lowest BCUT2D eigenvalue weighted by atomic mass is 9.81. The number of carbonyl (C=O) groups excluding carboxylic acids is 2. The fourth-order valence-electron chi connectivity index (χ4n) is 3.28. The maximum absolute atomic E-state index is 13.1. The Bertz CT molecular complexity index is 1170. The van der Waals surface area contributed by atoms with E-state index in [0.717, 1.165) is 12.1 Å². The number of phenols is 2. The molecule has 1 aliphatic rings. The van der Waals surface area contributed by atoms with Gasteiger partial charge in [-0.15, -0.1) is 0 Å². The molecule has 0 radical (unpaired) electrons. The smallest absolute Gasteiger partial charge is 0.281 e. The highest BCUT2D eigenvalue weighted by Gasteiger charge is 2.39. The molecule has 138 valence electrons. The van der Waals surface area contributed by atoms with Gasteiger partial charge in [-0.05, 0) is 18.2 Å². The van der Waals surface area contributed by atoms with Crippen LogP contribution in [0.2, 0.25) is 0 Å². The highest BCUT2D eigenvalue weighted by molar-refractivity contribution is 6.32. The number of fused-ring (bicyclic) bond motifs is 2. The van der Waals surface area contributed by atoms with Gasteiger partial charge in [0.15, 0.2) is 5.78 Å². The Morgan fingerprint density at radius 2 is 1.54 bits per heavy atom. The van der Waals surface area contributed by atoms with Crippen LogP contribution in [-0.2, 0) is 0 Å². The number of phenolic OH excluding ortho intramolecular Hbond substituents is 2. The Morgan fingerprint density at radius 3 is 2.21 bits per heavy atom. The third-order valence-electron chi connectivity index (χ3n) is 4.49. The zero-order valence-corrected chi connectivity index (χ0v) is 14.2. The summed E-state index contributed by atoms with van der Waals surface area (Å²) in [4.78, 5) is 36.7. The second-order valence-corrected chi connectivity index (χ2v) is 6.15. The summed E-state index contributed by atoms with van der Waals surface area (Å²) in [6, 6.07) is 13.3. The molecule has 8 heteroatoms. The number of para-hydroxylation sites is 1. The summed E-state index contributed by atoms with van der Waals surface area (Å²) in [5, 5.41) is 34.7.